The highest BCUT2D eigenvalue weighted by atomic mass is 31.2. The minimum atomic E-state index is -4.54. The van der Waals surface area contributed by atoms with Gasteiger partial charge in [-0.3, -0.25) is 19.8 Å². The SMILES string of the molecule is C[C@H](O)[C@@H]1C(=O)N2C(C(=O)OCc3ccc([N+](=O)[O-])cc3)=C(OP(=O)(Oc3ccccc3)Oc3ccccc3)[C@@H](C)[C@H]12. The monoisotopic (exact) mass is 594 g/mol. The molecule has 218 valence electrons. The zero-order valence-electron chi connectivity index (χ0n) is 22.6. The maximum Gasteiger partial charge on any atom is 0.646 e. The van der Waals surface area contributed by atoms with Crippen LogP contribution in [0.4, 0.5) is 5.69 Å². The average molecular weight is 595 g/mol. The topological polar surface area (TPSA) is 155 Å². The number of rotatable bonds is 11. The molecule has 3 aromatic carbocycles. The first-order valence-electron chi connectivity index (χ1n) is 13.0. The van der Waals surface area contributed by atoms with Crippen LogP contribution in [0.1, 0.15) is 19.4 Å². The van der Waals surface area contributed by atoms with Gasteiger partial charge in [0.1, 0.15) is 23.9 Å². The number of aliphatic hydroxyl groups is 1. The lowest BCUT2D eigenvalue weighted by atomic mass is 9.79. The van der Waals surface area contributed by atoms with Crippen molar-refractivity contribution in [2.45, 2.75) is 32.6 Å². The van der Waals surface area contributed by atoms with E-state index < -0.39 is 48.6 Å². The van der Waals surface area contributed by atoms with Crippen LogP contribution in [0.2, 0.25) is 0 Å². The lowest BCUT2D eigenvalue weighted by Gasteiger charge is -2.46. The molecule has 1 N–H and O–H groups in total. The van der Waals surface area contributed by atoms with Crippen LogP contribution in [0, 0.1) is 22.0 Å². The number of esters is 1. The molecule has 12 nitrogen and oxygen atoms in total. The molecule has 2 aliphatic rings. The zero-order chi connectivity index (χ0) is 30.0. The second-order valence-electron chi connectivity index (χ2n) is 9.81. The highest BCUT2D eigenvalue weighted by molar-refractivity contribution is 7.49. The van der Waals surface area contributed by atoms with Crippen LogP contribution in [0.25, 0.3) is 0 Å². The number of nitrogens with zero attached hydrogens (tertiary/aromatic N) is 2. The summed E-state index contributed by atoms with van der Waals surface area (Å²) in [5.41, 5.74) is 0.0469. The van der Waals surface area contributed by atoms with E-state index in [1.165, 1.54) is 36.1 Å². The van der Waals surface area contributed by atoms with Crippen LogP contribution >= 0.6 is 7.82 Å². The standard InChI is InChI=1S/C29H27N2O10P/c1-18-25-24(19(2)32)28(33)30(25)26(29(34)38-17-20-13-15-21(16-14-20)31(35)36)27(18)41-42(37,39-22-9-5-3-6-10-22)40-23-11-7-4-8-12-23/h3-16,18-19,24-25,32H,17H2,1-2H3/t18-,19-,24-,25+/m0/s1. The highest BCUT2D eigenvalue weighted by Crippen LogP contribution is 2.57. The van der Waals surface area contributed by atoms with Gasteiger partial charge < -0.3 is 23.4 Å². The number of aliphatic hydroxyl groups excluding tert-OH is 1. The smallest absolute Gasteiger partial charge is 0.456 e. The molecule has 2 aliphatic heterocycles. The van der Waals surface area contributed by atoms with E-state index in [9.17, 15) is 29.4 Å². The number of ether oxygens (including phenoxy) is 1. The van der Waals surface area contributed by atoms with E-state index in [-0.39, 0.29) is 35.2 Å². The molecular weight excluding hydrogens is 567 g/mol. The number of benzene rings is 3. The van der Waals surface area contributed by atoms with Gasteiger partial charge in [0.05, 0.1) is 23.0 Å². The van der Waals surface area contributed by atoms with E-state index in [1.807, 2.05) is 0 Å². The van der Waals surface area contributed by atoms with E-state index in [0.717, 1.165) is 0 Å². The van der Waals surface area contributed by atoms with Crippen molar-refractivity contribution in [1.29, 1.82) is 0 Å². The van der Waals surface area contributed by atoms with E-state index in [4.69, 9.17) is 18.3 Å². The van der Waals surface area contributed by atoms with Crippen molar-refractivity contribution in [3.8, 4) is 11.5 Å². The van der Waals surface area contributed by atoms with Crippen molar-refractivity contribution in [1.82, 2.24) is 4.90 Å². The number of non-ortho nitro benzene ring substituents is 1. The number of hydrogen-bond donors (Lipinski definition) is 1. The van der Waals surface area contributed by atoms with Crippen LogP contribution < -0.4 is 9.05 Å². The Bertz CT molecular complexity index is 1510. The van der Waals surface area contributed by atoms with E-state index in [2.05, 4.69) is 0 Å². The minimum Gasteiger partial charge on any atom is -0.456 e. The first-order chi connectivity index (χ1) is 20.1. The number of β-lactam (4-membered cyclic amide) rings is 1. The molecule has 0 aliphatic carbocycles. The van der Waals surface area contributed by atoms with Gasteiger partial charge in [0, 0.05) is 18.1 Å². The summed E-state index contributed by atoms with van der Waals surface area (Å²) in [5.74, 6) is -2.82. The summed E-state index contributed by atoms with van der Waals surface area (Å²) in [6.45, 7) is 2.87. The van der Waals surface area contributed by atoms with Gasteiger partial charge in [0.25, 0.3) is 5.69 Å². The van der Waals surface area contributed by atoms with Crippen molar-refractivity contribution >= 4 is 25.4 Å². The largest absolute Gasteiger partial charge is 0.646 e. The fraction of sp³-hybridized carbons (Fsp3) is 0.241. The van der Waals surface area contributed by atoms with E-state index in [1.54, 1.807) is 67.6 Å². The number of carbonyl (C=O) groups is 2. The molecular formula is C29H27N2O10P. The summed E-state index contributed by atoms with van der Waals surface area (Å²) in [6.07, 6.45) is -1.02. The Morgan fingerprint density at radius 1 is 0.976 bits per heavy atom. The third-order valence-corrected chi connectivity index (χ3v) is 8.24. The van der Waals surface area contributed by atoms with Gasteiger partial charge in [-0.25, -0.2) is 4.79 Å². The Balaban J connectivity index is 1.48. The highest BCUT2D eigenvalue weighted by Gasteiger charge is 2.62. The predicted molar refractivity (Wildman–Crippen MR) is 148 cm³/mol. The van der Waals surface area contributed by atoms with Crippen LogP contribution in [0.3, 0.4) is 0 Å². The van der Waals surface area contributed by atoms with Gasteiger partial charge in [0.2, 0.25) is 5.91 Å². The Hall–Kier alpha value is -4.67. The molecule has 0 aromatic heterocycles. The predicted octanol–water partition coefficient (Wildman–Crippen LogP) is 4.99. The van der Waals surface area contributed by atoms with Gasteiger partial charge in [-0.05, 0) is 48.9 Å². The number of fused-ring (bicyclic) bond motifs is 1. The molecule has 0 spiro atoms. The Labute approximate surface area is 240 Å². The third-order valence-electron chi connectivity index (χ3n) is 6.95. The van der Waals surface area contributed by atoms with Crippen molar-refractivity contribution in [2.75, 3.05) is 0 Å². The van der Waals surface area contributed by atoms with Crippen LogP contribution in [0.15, 0.2) is 96.4 Å². The number of nitro benzene ring substituents is 1. The molecule has 4 atom stereocenters. The lowest BCUT2D eigenvalue weighted by molar-refractivity contribution is -0.384. The number of amides is 1. The second kappa shape index (κ2) is 11.7. The molecule has 1 amide bonds. The maximum atomic E-state index is 14.2. The molecule has 0 bridgehead atoms. The molecule has 5 rings (SSSR count). The number of phosphoric ester groups is 1. The van der Waals surface area contributed by atoms with Gasteiger partial charge in [-0.1, -0.05) is 43.3 Å². The molecule has 1 fully saturated rings. The quantitative estimate of drug-likeness (QED) is 0.106. The first-order valence-corrected chi connectivity index (χ1v) is 14.5. The summed E-state index contributed by atoms with van der Waals surface area (Å²) in [6, 6.07) is 21.1. The average Bonchev–Trinajstić information content (AvgIpc) is 3.20. The molecule has 13 heteroatoms. The summed E-state index contributed by atoms with van der Waals surface area (Å²) in [4.78, 5) is 38.1. The fourth-order valence-corrected chi connectivity index (χ4v) is 6.33. The molecule has 0 unspecified atom stereocenters. The summed E-state index contributed by atoms with van der Waals surface area (Å²) in [7, 11) is -4.54. The number of para-hydroxylation sites is 2. The Morgan fingerprint density at radius 3 is 2.02 bits per heavy atom. The van der Waals surface area contributed by atoms with E-state index in [0.29, 0.717) is 5.56 Å². The van der Waals surface area contributed by atoms with Crippen LogP contribution in [-0.4, -0.2) is 39.0 Å². The molecule has 2 heterocycles. The maximum absolute atomic E-state index is 14.2. The molecule has 1 saturated heterocycles. The number of hydrogen-bond acceptors (Lipinski definition) is 10. The lowest BCUT2D eigenvalue weighted by Crippen LogP contribution is -2.63. The van der Waals surface area contributed by atoms with Gasteiger partial charge in [-0.15, -0.1) is 0 Å². The third kappa shape index (κ3) is 5.72. The minimum absolute atomic E-state index is 0.126. The van der Waals surface area contributed by atoms with Crippen LogP contribution in [0.5, 0.6) is 11.5 Å². The Kier molecular flexibility index (Phi) is 8.02. The number of phosphoric acid groups is 1. The summed E-state index contributed by atoms with van der Waals surface area (Å²) in [5, 5.41) is 21.2. The fourth-order valence-electron chi connectivity index (χ4n) is 4.96. The molecule has 3 aromatic rings. The van der Waals surface area contributed by atoms with E-state index >= 15 is 0 Å². The second-order valence-corrected chi connectivity index (χ2v) is 11.3. The molecule has 0 saturated carbocycles. The normalized spacial score (nSPS) is 20.3. The first kappa shape index (κ1) is 28.8. The molecule has 0 radical (unpaired) electrons. The zero-order valence-corrected chi connectivity index (χ0v) is 23.5. The van der Waals surface area contributed by atoms with Crippen molar-refractivity contribution < 1.29 is 42.5 Å². The number of nitro groups is 1. The van der Waals surface area contributed by atoms with Gasteiger partial charge in [0.15, 0.2) is 5.70 Å². The Morgan fingerprint density at radius 2 is 1.52 bits per heavy atom. The van der Waals surface area contributed by atoms with Crippen molar-refractivity contribution in [2.24, 2.45) is 11.8 Å². The summed E-state index contributed by atoms with van der Waals surface area (Å²) < 4.78 is 37.0. The number of carbonyl (C=O) groups excluding carboxylic acids is 2. The summed E-state index contributed by atoms with van der Waals surface area (Å²) >= 11 is 0. The van der Waals surface area contributed by atoms with Gasteiger partial charge >= 0.3 is 13.8 Å². The van der Waals surface area contributed by atoms with Crippen LogP contribution in [-0.2, 0) is 30.0 Å². The molecule has 42 heavy (non-hydrogen) atoms. The van der Waals surface area contributed by atoms with Crippen molar-refractivity contribution in [3.63, 3.8) is 0 Å². The van der Waals surface area contributed by atoms with Crippen molar-refractivity contribution in [3.05, 3.63) is 112 Å². The van der Waals surface area contributed by atoms with Gasteiger partial charge in [-0.2, -0.15) is 4.57 Å².